The highest BCUT2D eigenvalue weighted by Crippen LogP contribution is 2.23. The van der Waals surface area contributed by atoms with E-state index in [-0.39, 0.29) is 18.0 Å². The normalized spacial score (nSPS) is 22.2. The maximum atomic E-state index is 12.3. The number of ketones is 1. The fourth-order valence-corrected chi connectivity index (χ4v) is 2.73. The van der Waals surface area contributed by atoms with E-state index in [0.717, 1.165) is 29.3 Å². The Balaban J connectivity index is 1.78. The van der Waals surface area contributed by atoms with E-state index in [0.29, 0.717) is 13.0 Å². The highest BCUT2D eigenvalue weighted by molar-refractivity contribution is 5.91. The Morgan fingerprint density at radius 1 is 1.30 bits per heavy atom. The number of hydrogen-bond acceptors (Lipinski definition) is 4. The SMILES string of the molecule is NCC1CCC(C(=O)Cc2ccnc3ccccc23)O1. The third kappa shape index (κ3) is 2.57. The van der Waals surface area contributed by atoms with Crippen molar-refractivity contribution in [1.29, 1.82) is 0 Å². The van der Waals surface area contributed by atoms with E-state index in [1.54, 1.807) is 6.20 Å². The van der Waals surface area contributed by atoms with Crippen LogP contribution in [0.2, 0.25) is 0 Å². The van der Waals surface area contributed by atoms with Gasteiger partial charge in [0.05, 0.1) is 11.6 Å². The molecule has 1 fully saturated rings. The topological polar surface area (TPSA) is 65.2 Å². The summed E-state index contributed by atoms with van der Waals surface area (Å²) in [5.74, 6) is 0.136. The molecule has 1 aliphatic rings. The Hall–Kier alpha value is -1.78. The zero-order chi connectivity index (χ0) is 13.9. The largest absolute Gasteiger partial charge is 0.366 e. The molecule has 2 atom stereocenters. The maximum Gasteiger partial charge on any atom is 0.165 e. The lowest BCUT2D eigenvalue weighted by molar-refractivity contribution is -0.128. The number of carbonyl (C=O) groups excluding carboxylic acids is 1. The lowest BCUT2D eigenvalue weighted by Crippen LogP contribution is -2.26. The van der Waals surface area contributed by atoms with Crippen molar-refractivity contribution in [1.82, 2.24) is 4.98 Å². The van der Waals surface area contributed by atoms with Gasteiger partial charge in [-0.05, 0) is 30.5 Å². The molecule has 20 heavy (non-hydrogen) atoms. The fraction of sp³-hybridized carbons (Fsp3) is 0.375. The molecule has 1 aromatic heterocycles. The minimum Gasteiger partial charge on any atom is -0.366 e. The molecular weight excluding hydrogens is 252 g/mol. The minimum atomic E-state index is -0.296. The van der Waals surface area contributed by atoms with Gasteiger partial charge in [0.2, 0.25) is 0 Å². The molecule has 2 unspecified atom stereocenters. The second-order valence-electron chi connectivity index (χ2n) is 5.19. The van der Waals surface area contributed by atoms with Gasteiger partial charge in [-0.15, -0.1) is 0 Å². The molecule has 0 radical (unpaired) electrons. The van der Waals surface area contributed by atoms with Crippen molar-refractivity contribution in [2.45, 2.75) is 31.5 Å². The Kier molecular flexibility index (Phi) is 3.76. The predicted octanol–water partition coefficient (Wildman–Crippen LogP) is 1.85. The van der Waals surface area contributed by atoms with E-state index < -0.39 is 0 Å². The lowest BCUT2D eigenvalue weighted by atomic mass is 10.0. The predicted molar refractivity (Wildman–Crippen MR) is 77.4 cm³/mol. The Morgan fingerprint density at radius 2 is 2.15 bits per heavy atom. The molecule has 104 valence electrons. The van der Waals surface area contributed by atoms with Crippen LogP contribution >= 0.6 is 0 Å². The molecule has 0 aliphatic carbocycles. The van der Waals surface area contributed by atoms with Crippen LogP contribution in [0.3, 0.4) is 0 Å². The van der Waals surface area contributed by atoms with Crippen molar-refractivity contribution in [3.8, 4) is 0 Å². The van der Waals surface area contributed by atoms with Crippen LogP contribution in [0, 0.1) is 0 Å². The van der Waals surface area contributed by atoms with E-state index in [2.05, 4.69) is 4.98 Å². The summed E-state index contributed by atoms with van der Waals surface area (Å²) in [5.41, 5.74) is 7.51. The molecule has 0 spiro atoms. The van der Waals surface area contributed by atoms with Crippen molar-refractivity contribution >= 4 is 16.7 Å². The maximum absolute atomic E-state index is 12.3. The van der Waals surface area contributed by atoms with E-state index in [1.165, 1.54) is 0 Å². The number of hydrogen-bond donors (Lipinski definition) is 1. The van der Waals surface area contributed by atoms with Gasteiger partial charge in [0.1, 0.15) is 6.10 Å². The standard InChI is InChI=1S/C16H18N2O2/c17-10-12-5-6-16(20-12)15(19)9-11-7-8-18-14-4-2-1-3-13(11)14/h1-4,7-8,12,16H,5-6,9-10,17H2. The van der Waals surface area contributed by atoms with Crippen LogP contribution in [0.25, 0.3) is 10.9 Å². The molecule has 2 heterocycles. The van der Waals surface area contributed by atoms with Crippen molar-refractivity contribution in [2.75, 3.05) is 6.54 Å². The average Bonchev–Trinajstić information content (AvgIpc) is 2.97. The molecule has 1 aromatic carbocycles. The smallest absolute Gasteiger partial charge is 0.165 e. The number of carbonyl (C=O) groups is 1. The van der Waals surface area contributed by atoms with Gasteiger partial charge in [0.15, 0.2) is 5.78 Å². The quantitative estimate of drug-likeness (QED) is 0.921. The number of nitrogens with zero attached hydrogens (tertiary/aromatic N) is 1. The molecule has 1 saturated heterocycles. The molecule has 2 aromatic rings. The van der Waals surface area contributed by atoms with Gasteiger partial charge < -0.3 is 10.5 Å². The van der Waals surface area contributed by atoms with Gasteiger partial charge in [-0.1, -0.05) is 18.2 Å². The first-order chi connectivity index (χ1) is 9.78. The van der Waals surface area contributed by atoms with Gasteiger partial charge in [0, 0.05) is 24.5 Å². The van der Waals surface area contributed by atoms with Gasteiger partial charge in [-0.25, -0.2) is 0 Å². The summed E-state index contributed by atoms with van der Waals surface area (Å²) in [6, 6.07) is 9.79. The summed E-state index contributed by atoms with van der Waals surface area (Å²) in [7, 11) is 0. The van der Waals surface area contributed by atoms with Crippen LogP contribution in [-0.2, 0) is 16.0 Å². The van der Waals surface area contributed by atoms with E-state index in [1.807, 2.05) is 30.3 Å². The Bertz CT molecular complexity index is 621. The zero-order valence-corrected chi connectivity index (χ0v) is 11.3. The van der Waals surface area contributed by atoms with E-state index in [4.69, 9.17) is 10.5 Å². The highest BCUT2D eigenvalue weighted by atomic mass is 16.5. The van der Waals surface area contributed by atoms with E-state index >= 15 is 0 Å². The summed E-state index contributed by atoms with van der Waals surface area (Å²) in [6.45, 7) is 0.488. The third-order valence-electron chi connectivity index (χ3n) is 3.83. The Labute approximate surface area is 117 Å². The molecular formula is C16H18N2O2. The molecule has 4 nitrogen and oxygen atoms in total. The summed E-state index contributed by atoms with van der Waals surface area (Å²) in [6.07, 6.45) is 3.55. The number of rotatable bonds is 4. The number of nitrogens with two attached hydrogens (primary N) is 1. The van der Waals surface area contributed by atoms with Gasteiger partial charge in [-0.2, -0.15) is 0 Å². The van der Waals surface area contributed by atoms with Crippen LogP contribution in [0.4, 0.5) is 0 Å². The van der Waals surface area contributed by atoms with Crippen LogP contribution in [-0.4, -0.2) is 29.5 Å². The van der Waals surface area contributed by atoms with Crippen LogP contribution < -0.4 is 5.73 Å². The van der Waals surface area contributed by atoms with Gasteiger partial charge in [0.25, 0.3) is 0 Å². The minimum absolute atomic E-state index is 0.0399. The second-order valence-corrected chi connectivity index (χ2v) is 5.19. The van der Waals surface area contributed by atoms with Crippen LogP contribution in [0.1, 0.15) is 18.4 Å². The van der Waals surface area contributed by atoms with Gasteiger partial charge in [-0.3, -0.25) is 9.78 Å². The molecule has 3 rings (SSSR count). The summed E-state index contributed by atoms with van der Waals surface area (Å²) >= 11 is 0. The number of para-hydroxylation sites is 1. The summed E-state index contributed by atoms with van der Waals surface area (Å²) in [5, 5.41) is 1.04. The average molecular weight is 270 g/mol. The lowest BCUT2D eigenvalue weighted by Gasteiger charge is -2.12. The second kappa shape index (κ2) is 5.69. The number of ether oxygens (including phenoxy) is 1. The number of benzene rings is 1. The molecule has 0 amide bonds. The van der Waals surface area contributed by atoms with Crippen molar-refractivity contribution in [3.05, 3.63) is 42.1 Å². The molecule has 0 saturated carbocycles. The number of aromatic nitrogens is 1. The van der Waals surface area contributed by atoms with Crippen molar-refractivity contribution in [2.24, 2.45) is 5.73 Å². The fourth-order valence-electron chi connectivity index (χ4n) is 2.73. The Morgan fingerprint density at radius 3 is 2.95 bits per heavy atom. The first-order valence-electron chi connectivity index (χ1n) is 6.99. The first-order valence-corrected chi connectivity index (χ1v) is 6.99. The summed E-state index contributed by atoms with van der Waals surface area (Å²) < 4.78 is 5.67. The van der Waals surface area contributed by atoms with Crippen LogP contribution in [0.15, 0.2) is 36.5 Å². The van der Waals surface area contributed by atoms with E-state index in [9.17, 15) is 4.79 Å². The van der Waals surface area contributed by atoms with Crippen LogP contribution in [0.5, 0.6) is 0 Å². The molecule has 4 heteroatoms. The number of pyridine rings is 1. The monoisotopic (exact) mass is 270 g/mol. The molecule has 0 bridgehead atoms. The zero-order valence-electron chi connectivity index (χ0n) is 11.3. The first kappa shape index (κ1) is 13.2. The number of fused-ring (bicyclic) bond motifs is 1. The van der Waals surface area contributed by atoms with Crippen molar-refractivity contribution < 1.29 is 9.53 Å². The summed E-state index contributed by atoms with van der Waals surface area (Å²) in [4.78, 5) is 16.6. The van der Waals surface area contributed by atoms with Crippen molar-refractivity contribution in [3.63, 3.8) is 0 Å². The van der Waals surface area contributed by atoms with Gasteiger partial charge >= 0.3 is 0 Å². The number of Topliss-reactive ketones (excluding diaryl/α,β-unsaturated/α-hetero) is 1. The molecule has 2 N–H and O–H groups in total. The highest BCUT2D eigenvalue weighted by Gasteiger charge is 2.29. The third-order valence-corrected chi connectivity index (χ3v) is 3.83. The molecule has 1 aliphatic heterocycles.